The average Bonchev–Trinajstić information content (AvgIpc) is 3.13. The van der Waals surface area contributed by atoms with Gasteiger partial charge in [-0.25, -0.2) is 14.1 Å². The molecule has 1 saturated heterocycles. The Kier molecular flexibility index (Phi) is 7.58. The Morgan fingerprint density at radius 3 is 2.24 bits per heavy atom. The summed E-state index contributed by atoms with van der Waals surface area (Å²) in [5.41, 5.74) is 2.38. The van der Waals surface area contributed by atoms with Crippen molar-refractivity contribution in [3.63, 3.8) is 0 Å². The molecule has 10 heteroatoms. The molecule has 3 aromatic rings. The zero-order valence-electron chi connectivity index (χ0n) is 19.8. The highest BCUT2D eigenvalue weighted by molar-refractivity contribution is 6.16. The molecule has 0 saturated carbocycles. The van der Waals surface area contributed by atoms with E-state index in [-0.39, 0.29) is 12.3 Å². The number of anilines is 2. The predicted octanol–water partition coefficient (Wildman–Crippen LogP) is 3.68. The van der Waals surface area contributed by atoms with Gasteiger partial charge in [-0.15, -0.1) is 0 Å². The lowest BCUT2D eigenvalue weighted by molar-refractivity contribution is -0.127. The van der Waals surface area contributed by atoms with Crippen LogP contribution in [-0.4, -0.2) is 41.8 Å². The number of halogens is 1. The number of hydrogen-bond acceptors (Lipinski definition) is 5. The molecule has 3 N–H and O–H groups in total. The van der Waals surface area contributed by atoms with E-state index in [4.69, 9.17) is 4.74 Å². The smallest absolute Gasteiger partial charge is 0.329 e. The first-order chi connectivity index (χ1) is 17.8. The van der Waals surface area contributed by atoms with Gasteiger partial charge in [0.2, 0.25) is 5.91 Å². The van der Waals surface area contributed by atoms with Crippen molar-refractivity contribution < 1.29 is 28.3 Å². The number of hydrogen-bond donors (Lipinski definition) is 3. The highest BCUT2D eigenvalue weighted by atomic mass is 19.1. The number of nitrogens with one attached hydrogen (secondary N) is 3. The molecule has 3 aromatic carbocycles. The minimum Gasteiger partial charge on any atom is -0.483 e. The number of ether oxygens (including phenoxy) is 1. The minimum atomic E-state index is -0.729. The van der Waals surface area contributed by atoms with Crippen molar-refractivity contribution in [1.82, 2.24) is 10.2 Å². The fraction of sp³-hybridized carbons (Fsp3) is 0.111. The third-order valence-electron chi connectivity index (χ3n) is 5.30. The number of urea groups is 1. The Morgan fingerprint density at radius 2 is 1.54 bits per heavy atom. The maximum absolute atomic E-state index is 13.0. The Balaban J connectivity index is 1.39. The molecule has 37 heavy (non-hydrogen) atoms. The molecule has 0 aliphatic carbocycles. The molecule has 0 aromatic heterocycles. The maximum Gasteiger partial charge on any atom is 0.329 e. The van der Waals surface area contributed by atoms with Crippen LogP contribution >= 0.6 is 0 Å². The van der Waals surface area contributed by atoms with Crippen LogP contribution in [0.2, 0.25) is 0 Å². The molecule has 1 aliphatic heterocycles. The van der Waals surface area contributed by atoms with Gasteiger partial charge in [0.25, 0.3) is 11.8 Å². The number of rotatable bonds is 8. The van der Waals surface area contributed by atoms with Crippen LogP contribution in [0.3, 0.4) is 0 Å². The van der Waals surface area contributed by atoms with Gasteiger partial charge >= 0.3 is 6.03 Å². The molecule has 0 bridgehead atoms. The fourth-order valence-electron chi connectivity index (χ4n) is 3.46. The summed E-state index contributed by atoms with van der Waals surface area (Å²) in [5, 5.41) is 7.70. The zero-order valence-corrected chi connectivity index (χ0v) is 19.8. The Labute approximate surface area is 211 Å². The highest BCUT2D eigenvalue weighted by Gasteiger charge is 2.35. The van der Waals surface area contributed by atoms with Crippen LogP contribution in [0.1, 0.15) is 11.1 Å². The first-order valence-electron chi connectivity index (χ1n) is 11.3. The van der Waals surface area contributed by atoms with Crippen molar-refractivity contribution >= 4 is 41.2 Å². The van der Waals surface area contributed by atoms with Crippen LogP contribution in [0, 0.1) is 12.7 Å². The van der Waals surface area contributed by atoms with Gasteiger partial charge in [0.15, 0.2) is 6.61 Å². The highest BCUT2D eigenvalue weighted by Crippen LogP contribution is 2.23. The Bertz CT molecular complexity index is 1370. The number of para-hydroxylation sites is 1. The van der Waals surface area contributed by atoms with Gasteiger partial charge in [-0.1, -0.05) is 35.9 Å². The van der Waals surface area contributed by atoms with Crippen LogP contribution in [-0.2, 0) is 14.4 Å². The topological polar surface area (TPSA) is 117 Å². The number of carbonyl (C=O) groups excluding carboxylic acids is 4. The summed E-state index contributed by atoms with van der Waals surface area (Å²) < 4.78 is 18.6. The lowest BCUT2D eigenvalue weighted by Crippen LogP contribution is -2.38. The van der Waals surface area contributed by atoms with E-state index in [9.17, 15) is 23.6 Å². The quantitative estimate of drug-likeness (QED) is 0.321. The largest absolute Gasteiger partial charge is 0.483 e. The molecule has 1 aliphatic rings. The van der Waals surface area contributed by atoms with E-state index >= 15 is 0 Å². The van der Waals surface area contributed by atoms with Gasteiger partial charge in [-0.3, -0.25) is 14.4 Å². The van der Waals surface area contributed by atoms with Crippen molar-refractivity contribution in [2.75, 3.05) is 23.8 Å². The summed E-state index contributed by atoms with van der Waals surface area (Å²) in [6.07, 6.45) is 1.41. The van der Waals surface area contributed by atoms with Crippen molar-refractivity contribution in [2.24, 2.45) is 0 Å². The molecule has 4 rings (SSSR count). The van der Waals surface area contributed by atoms with E-state index in [1.54, 1.807) is 36.4 Å². The first-order valence-corrected chi connectivity index (χ1v) is 11.3. The Morgan fingerprint density at radius 1 is 0.919 bits per heavy atom. The predicted molar refractivity (Wildman–Crippen MR) is 135 cm³/mol. The molecule has 0 atom stereocenters. The Hall–Kier alpha value is -4.99. The molecule has 0 unspecified atom stereocenters. The van der Waals surface area contributed by atoms with E-state index in [1.807, 2.05) is 19.1 Å². The molecule has 188 valence electrons. The molecule has 0 radical (unpaired) electrons. The van der Waals surface area contributed by atoms with Crippen LogP contribution in [0.25, 0.3) is 6.08 Å². The summed E-state index contributed by atoms with van der Waals surface area (Å²) in [4.78, 5) is 50.6. The summed E-state index contributed by atoms with van der Waals surface area (Å²) in [7, 11) is 0. The number of aryl methyl sites for hydroxylation is 1. The normalized spacial score (nSPS) is 13.9. The minimum absolute atomic E-state index is 0.0417. The monoisotopic (exact) mass is 502 g/mol. The number of imide groups is 1. The van der Waals surface area contributed by atoms with Crippen molar-refractivity contribution in [3.8, 4) is 5.75 Å². The second kappa shape index (κ2) is 11.2. The third kappa shape index (κ3) is 6.57. The number of carbonyl (C=O) groups is 4. The molecule has 0 spiro atoms. The molecular weight excluding hydrogens is 479 g/mol. The van der Waals surface area contributed by atoms with Crippen LogP contribution < -0.4 is 20.7 Å². The second-order valence-electron chi connectivity index (χ2n) is 8.18. The maximum atomic E-state index is 13.0. The lowest BCUT2D eigenvalue weighted by Gasteiger charge is -2.12. The summed E-state index contributed by atoms with van der Waals surface area (Å²) in [5.74, 6) is -1.79. The van der Waals surface area contributed by atoms with E-state index in [0.29, 0.717) is 22.7 Å². The fourth-order valence-corrected chi connectivity index (χ4v) is 3.46. The lowest BCUT2D eigenvalue weighted by atomic mass is 10.1. The third-order valence-corrected chi connectivity index (χ3v) is 5.30. The molecule has 1 fully saturated rings. The van der Waals surface area contributed by atoms with Gasteiger partial charge in [0, 0.05) is 16.9 Å². The van der Waals surface area contributed by atoms with Gasteiger partial charge < -0.3 is 20.7 Å². The molecule has 1 heterocycles. The van der Waals surface area contributed by atoms with Gasteiger partial charge in [0.05, 0.1) is 0 Å². The number of benzene rings is 3. The van der Waals surface area contributed by atoms with E-state index in [0.717, 1.165) is 10.5 Å². The summed E-state index contributed by atoms with van der Waals surface area (Å²) in [6.45, 7) is 1.11. The number of amides is 5. The standard InChI is InChI=1S/C27H23FN4O5/c1-17-6-10-20(11-7-17)29-24(33)15-32-26(35)22(31-27(32)36)14-18-4-2-3-5-23(18)37-16-25(34)30-21-12-8-19(28)9-13-21/h2-14H,15-16H2,1H3,(H,29,33)(H,30,34)(H,31,36)/b22-14+. The summed E-state index contributed by atoms with van der Waals surface area (Å²) >= 11 is 0. The first kappa shape index (κ1) is 25.1. The van der Waals surface area contributed by atoms with E-state index in [1.165, 1.54) is 30.3 Å². The van der Waals surface area contributed by atoms with Crippen molar-refractivity contribution in [3.05, 3.63) is 95.4 Å². The van der Waals surface area contributed by atoms with E-state index < -0.39 is 36.1 Å². The van der Waals surface area contributed by atoms with Crippen LogP contribution in [0.15, 0.2) is 78.5 Å². The zero-order chi connectivity index (χ0) is 26.4. The van der Waals surface area contributed by atoms with Crippen LogP contribution in [0.4, 0.5) is 20.6 Å². The van der Waals surface area contributed by atoms with Crippen molar-refractivity contribution in [1.29, 1.82) is 0 Å². The van der Waals surface area contributed by atoms with Gasteiger partial charge in [-0.2, -0.15) is 0 Å². The molecule has 5 amide bonds. The van der Waals surface area contributed by atoms with E-state index in [2.05, 4.69) is 16.0 Å². The average molecular weight is 503 g/mol. The van der Waals surface area contributed by atoms with Crippen molar-refractivity contribution in [2.45, 2.75) is 6.92 Å². The SMILES string of the molecule is Cc1ccc(NC(=O)CN2C(=O)N/C(=C/c3ccccc3OCC(=O)Nc3ccc(F)cc3)C2=O)cc1. The molecular formula is C27H23FN4O5. The van der Waals surface area contributed by atoms with Gasteiger partial charge in [-0.05, 0) is 55.5 Å². The second-order valence-corrected chi connectivity index (χ2v) is 8.18. The van der Waals surface area contributed by atoms with Crippen LogP contribution in [0.5, 0.6) is 5.75 Å². The van der Waals surface area contributed by atoms with Gasteiger partial charge in [0.1, 0.15) is 23.8 Å². The summed E-state index contributed by atoms with van der Waals surface area (Å²) in [6, 6.07) is 18.3. The number of nitrogens with zero attached hydrogens (tertiary/aromatic N) is 1. The molecule has 9 nitrogen and oxygen atoms in total.